The number of nitrogens with zero attached hydrogens (tertiary/aromatic N) is 1. The molecule has 0 amide bonds. The molecule has 0 saturated heterocycles. The van der Waals surface area contributed by atoms with Crippen molar-refractivity contribution >= 4 is 57.6 Å². The van der Waals surface area contributed by atoms with Crippen LogP contribution in [0.3, 0.4) is 0 Å². The molecule has 0 unspecified atom stereocenters. The monoisotopic (exact) mass is 415 g/mol. The number of halogens is 2. The molecule has 1 aromatic heterocycles. The van der Waals surface area contributed by atoms with Crippen LogP contribution < -0.4 is 9.88 Å². The number of rotatable bonds is 4. The van der Waals surface area contributed by atoms with Gasteiger partial charge in [0.25, 0.3) is 5.70 Å². The maximum absolute atomic E-state index is 11.0. The average molecular weight is 416 g/mol. The first kappa shape index (κ1) is 19.4. The molecule has 0 aliphatic carbocycles. The van der Waals surface area contributed by atoms with E-state index in [9.17, 15) is 5.11 Å². The summed E-state index contributed by atoms with van der Waals surface area (Å²) in [4.78, 5) is 0.316. The van der Waals surface area contributed by atoms with Gasteiger partial charge in [-0.3, -0.25) is 0 Å². The maximum atomic E-state index is 11.0. The number of nitrogens with one attached hydrogen (secondary N) is 1. The molecule has 1 heterocycles. The molecule has 0 fully saturated rings. The molecule has 136 valence electrons. The minimum atomic E-state index is -0.0271. The van der Waals surface area contributed by atoms with Gasteiger partial charge in [-0.1, -0.05) is 59.7 Å². The van der Waals surface area contributed by atoms with Crippen LogP contribution in [0.1, 0.15) is 11.1 Å². The fourth-order valence-corrected chi connectivity index (χ4v) is 3.32. The number of anilines is 1. The molecule has 0 saturated carbocycles. The summed E-state index contributed by atoms with van der Waals surface area (Å²) in [5, 5.41) is 15.1. The largest absolute Gasteiger partial charge is 0.502 e. The molecule has 0 radical (unpaired) electrons. The zero-order chi connectivity index (χ0) is 19.4. The van der Waals surface area contributed by atoms with Crippen LogP contribution in [0.2, 0.25) is 10.0 Å². The highest BCUT2D eigenvalue weighted by atomic mass is 35.5. The molecule has 6 heteroatoms. The molecule has 0 spiro atoms. The van der Waals surface area contributed by atoms with Crippen molar-refractivity contribution in [3.05, 3.63) is 94.2 Å². The molecule has 27 heavy (non-hydrogen) atoms. The number of hydrogen-bond donors (Lipinski definition) is 2. The van der Waals surface area contributed by atoms with Crippen LogP contribution in [0, 0.1) is 6.92 Å². The first-order chi connectivity index (χ1) is 13.0. The fraction of sp³-hybridized carbons (Fsp3) is 0.0476. The predicted molar refractivity (Wildman–Crippen MR) is 116 cm³/mol. The quantitative estimate of drug-likeness (QED) is 0.240. The van der Waals surface area contributed by atoms with Crippen molar-refractivity contribution < 1.29 is 9.67 Å². The lowest BCUT2D eigenvalue weighted by atomic mass is 10.1. The van der Waals surface area contributed by atoms with Gasteiger partial charge in [-0.15, -0.1) is 0 Å². The van der Waals surface area contributed by atoms with E-state index in [-0.39, 0.29) is 5.76 Å². The van der Waals surface area contributed by atoms with Crippen LogP contribution in [0.4, 0.5) is 5.69 Å². The Hall–Kier alpha value is -2.40. The normalized spacial score (nSPS) is 11.7. The number of aromatic nitrogens is 1. The van der Waals surface area contributed by atoms with Crippen LogP contribution in [-0.2, 0) is 0 Å². The van der Waals surface area contributed by atoms with Crippen LogP contribution in [-0.4, -0.2) is 10.1 Å². The molecule has 0 atom stereocenters. The van der Waals surface area contributed by atoms with E-state index < -0.39 is 0 Å². The zero-order valence-electron chi connectivity index (χ0n) is 14.5. The Balaban J connectivity index is 2.13. The Labute approximate surface area is 173 Å². The molecule has 0 bridgehead atoms. The highest BCUT2D eigenvalue weighted by Crippen LogP contribution is 2.27. The molecular formula is C21H17Cl2N2OS+. The summed E-state index contributed by atoms with van der Waals surface area (Å²) >= 11 is 18.1. The van der Waals surface area contributed by atoms with E-state index >= 15 is 0 Å². The summed E-state index contributed by atoms with van der Waals surface area (Å²) in [6, 6.07) is 18.2. The Kier molecular flexibility index (Phi) is 6.11. The predicted octanol–water partition coefficient (Wildman–Crippen LogP) is 5.91. The molecule has 0 aliphatic heterocycles. The van der Waals surface area contributed by atoms with Gasteiger partial charge in [0.05, 0.1) is 15.7 Å². The van der Waals surface area contributed by atoms with Crippen LogP contribution >= 0.6 is 35.4 Å². The fourth-order valence-electron chi connectivity index (χ4n) is 2.60. The van der Waals surface area contributed by atoms with E-state index in [0.29, 0.717) is 32.0 Å². The molecule has 3 aromatic rings. The summed E-state index contributed by atoms with van der Waals surface area (Å²) in [5.41, 5.74) is 2.57. The van der Waals surface area contributed by atoms with Crippen LogP contribution in [0.25, 0.3) is 11.5 Å². The number of thiocarbonyl (C=S) groups is 1. The van der Waals surface area contributed by atoms with Gasteiger partial charge in [-0.05, 0) is 37.3 Å². The van der Waals surface area contributed by atoms with Crippen molar-refractivity contribution in [2.24, 2.45) is 0 Å². The number of benzene rings is 2. The SMILES string of the molecule is Cc1ccc[n+](C(C(=S)Nc2ccccc2Cl)=C(O)c2ccccc2Cl)c1. The van der Waals surface area contributed by atoms with E-state index in [1.807, 2.05) is 49.6 Å². The minimum Gasteiger partial charge on any atom is -0.502 e. The van der Waals surface area contributed by atoms with Crippen molar-refractivity contribution in [2.45, 2.75) is 6.92 Å². The Bertz CT molecular complexity index is 1030. The Morgan fingerprint density at radius 2 is 1.63 bits per heavy atom. The zero-order valence-corrected chi connectivity index (χ0v) is 16.8. The van der Waals surface area contributed by atoms with Gasteiger partial charge in [0.1, 0.15) is 0 Å². The lowest BCUT2D eigenvalue weighted by Gasteiger charge is -2.12. The summed E-state index contributed by atoms with van der Waals surface area (Å²) in [5.74, 6) is -0.0271. The van der Waals surface area contributed by atoms with E-state index in [4.69, 9.17) is 35.4 Å². The third kappa shape index (κ3) is 4.48. The first-order valence-corrected chi connectivity index (χ1v) is 9.36. The molecule has 3 nitrogen and oxygen atoms in total. The number of pyridine rings is 1. The Morgan fingerprint density at radius 1 is 0.963 bits per heavy atom. The number of hydrogen-bond acceptors (Lipinski definition) is 2. The average Bonchev–Trinajstić information content (AvgIpc) is 2.64. The summed E-state index contributed by atoms with van der Waals surface area (Å²) in [6.07, 6.45) is 3.69. The lowest BCUT2D eigenvalue weighted by Crippen LogP contribution is -2.38. The van der Waals surface area contributed by atoms with E-state index in [1.165, 1.54) is 0 Å². The second-order valence-electron chi connectivity index (χ2n) is 5.90. The molecule has 2 aromatic carbocycles. The summed E-state index contributed by atoms with van der Waals surface area (Å²) in [7, 11) is 0. The van der Waals surface area contributed by atoms with Crippen molar-refractivity contribution in [1.82, 2.24) is 0 Å². The van der Waals surface area contributed by atoms with Gasteiger partial charge < -0.3 is 10.4 Å². The van der Waals surface area contributed by atoms with Gasteiger partial charge in [0.2, 0.25) is 5.76 Å². The summed E-state index contributed by atoms with van der Waals surface area (Å²) < 4.78 is 1.76. The van der Waals surface area contributed by atoms with Crippen molar-refractivity contribution in [3.63, 3.8) is 0 Å². The standard InChI is InChI=1S/C21H16Cl2N2OS/c1-14-7-6-12-25(13-14)19(20(26)15-8-2-3-9-16(15)22)21(27)24-18-11-5-4-10-17(18)23/h2-13H,1H3,(H-,24,26,27)/p+1. The van der Waals surface area contributed by atoms with E-state index in [0.717, 1.165) is 5.56 Å². The molecule has 0 aliphatic rings. The first-order valence-electron chi connectivity index (χ1n) is 8.19. The van der Waals surface area contributed by atoms with Gasteiger partial charge >= 0.3 is 0 Å². The maximum Gasteiger partial charge on any atom is 0.288 e. The minimum absolute atomic E-state index is 0.0271. The molecule has 3 rings (SSSR count). The Morgan fingerprint density at radius 3 is 2.30 bits per heavy atom. The van der Waals surface area contributed by atoms with Crippen LogP contribution in [0.15, 0.2) is 73.1 Å². The topological polar surface area (TPSA) is 36.1 Å². The van der Waals surface area contributed by atoms with E-state index in [2.05, 4.69) is 5.32 Å². The van der Waals surface area contributed by atoms with Gasteiger partial charge in [0, 0.05) is 17.2 Å². The number of aliphatic hydroxyl groups excluding tert-OH is 1. The highest BCUT2D eigenvalue weighted by Gasteiger charge is 2.25. The van der Waals surface area contributed by atoms with Crippen LogP contribution in [0.5, 0.6) is 0 Å². The number of para-hydroxylation sites is 1. The lowest BCUT2D eigenvalue weighted by molar-refractivity contribution is -0.576. The number of aliphatic hydroxyl groups is 1. The number of aryl methyl sites for hydroxylation is 1. The van der Waals surface area contributed by atoms with Gasteiger partial charge in [-0.2, -0.15) is 4.57 Å². The third-order valence-corrected chi connectivity index (χ3v) is 4.85. The molecular weight excluding hydrogens is 399 g/mol. The second kappa shape index (κ2) is 8.53. The van der Waals surface area contributed by atoms with Crippen molar-refractivity contribution in [1.29, 1.82) is 0 Å². The second-order valence-corrected chi connectivity index (χ2v) is 7.12. The van der Waals surface area contributed by atoms with Crippen molar-refractivity contribution in [2.75, 3.05) is 5.32 Å². The summed E-state index contributed by atoms with van der Waals surface area (Å²) in [6.45, 7) is 1.96. The smallest absolute Gasteiger partial charge is 0.288 e. The van der Waals surface area contributed by atoms with E-state index in [1.54, 1.807) is 34.9 Å². The van der Waals surface area contributed by atoms with Gasteiger partial charge in [0.15, 0.2) is 17.4 Å². The third-order valence-electron chi connectivity index (χ3n) is 3.90. The van der Waals surface area contributed by atoms with Crippen molar-refractivity contribution in [3.8, 4) is 0 Å². The highest BCUT2D eigenvalue weighted by molar-refractivity contribution is 7.81. The molecule has 2 N–H and O–H groups in total. The van der Waals surface area contributed by atoms with Gasteiger partial charge in [-0.25, -0.2) is 0 Å².